The molecule has 6 heteroatoms. The summed E-state index contributed by atoms with van der Waals surface area (Å²) < 4.78 is 7.58. The normalized spacial score (nSPS) is 21.9. The van der Waals surface area contributed by atoms with Crippen molar-refractivity contribution >= 4 is 16.8 Å². The summed E-state index contributed by atoms with van der Waals surface area (Å²) in [7, 11) is 0. The fourth-order valence-electron chi connectivity index (χ4n) is 3.87. The zero-order valence-corrected chi connectivity index (χ0v) is 14.6. The minimum atomic E-state index is 0.259. The number of hydrogen-bond acceptors (Lipinski definition) is 4. The Morgan fingerprint density at radius 3 is 2.92 bits per heavy atom. The lowest BCUT2D eigenvalue weighted by Gasteiger charge is -2.35. The molecule has 2 saturated heterocycles. The van der Waals surface area contributed by atoms with Gasteiger partial charge in [-0.2, -0.15) is 0 Å². The maximum atomic E-state index is 12.5. The van der Waals surface area contributed by atoms with Crippen LogP contribution in [0.4, 0.5) is 0 Å². The van der Waals surface area contributed by atoms with Crippen molar-refractivity contribution in [2.45, 2.75) is 19.4 Å². The van der Waals surface area contributed by atoms with E-state index < -0.39 is 0 Å². The summed E-state index contributed by atoms with van der Waals surface area (Å²) in [6.45, 7) is 7.31. The van der Waals surface area contributed by atoms with E-state index in [0.717, 1.165) is 51.5 Å². The topological polar surface area (TPSA) is 50.6 Å². The number of aromatic nitrogens is 2. The molecule has 134 valence electrons. The summed E-state index contributed by atoms with van der Waals surface area (Å²) in [5, 5.41) is 1.17. The van der Waals surface area contributed by atoms with E-state index in [9.17, 15) is 4.79 Å². The summed E-state index contributed by atoms with van der Waals surface area (Å²) in [4.78, 5) is 21.2. The smallest absolute Gasteiger partial charge is 0.224 e. The van der Waals surface area contributed by atoms with Crippen molar-refractivity contribution in [3.63, 3.8) is 0 Å². The predicted octanol–water partition coefficient (Wildman–Crippen LogP) is 1.61. The zero-order valence-electron chi connectivity index (χ0n) is 14.6. The first kappa shape index (κ1) is 16.5. The Morgan fingerprint density at radius 2 is 2.12 bits per heavy atom. The highest BCUT2D eigenvalue weighted by Crippen LogP contribution is 2.16. The van der Waals surface area contributed by atoms with Crippen molar-refractivity contribution in [1.82, 2.24) is 19.4 Å². The molecule has 2 aliphatic heterocycles. The molecule has 2 fully saturated rings. The Balaban J connectivity index is 1.25. The molecule has 0 spiro atoms. The molecule has 0 aromatic carbocycles. The Hall–Kier alpha value is -1.92. The lowest BCUT2D eigenvalue weighted by atomic mass is 10.1. The molecule has 2 aliphatic rings. The van der Waals surface area contributed by atoms with E-state index >= 15 is 0 Å². The Labute approximate surface area is 148 Å². The molecule has 1 amide bonds. The van der Waals surface area contributed by atoms with E-state index in [0.29, 0.717) is 18.9 Å². The molecule has 0 bridgehead atoms. The van der Waals surface area contributed by atoms with E-state index in [4.69, 9.17) is 4.74 Å². The summed E-state index contributed by atoms with van der Waals surface area (Å²) in [5.74, 6) is 0.937. The lowest BCUT2D eigenvalue weighted by Crippen LogP contribution is -2.49. The molecule has 1 atom stereocenters. The fourth-order valence-corrected chi connectivity index (χ4v) is 3.87. The number of amides is 1. The summed E-state index contributed by atoms with van der Waals surface area (Å²) in [6.07, 6.45) is 7.44. The number of aryl methyl sites for hydroxylation is 1. The van der Waals surface area contributed by atoms with Gasteiger partial charge in [0.25, 0.3) is 0 Å². The number of pyridine rings is 1. The number of hydrogen-bond donors (Lipinski definition) is 0. The summed E-state index contributed by atoms with van der Waals surface area (Å²) in [5.41, 5.74) is 1.10. The first-order valence-corrected chi connectivity index (χ1v) is 9.26. The van der Waals surface area contributed by atoms with E-state index in [-0.39, 0.29) is 5.91 Å². The van der Waals surface area contributed by atoms with Gasteiger partial charge in [-0.25, -0.2) is 0 Å². The Morgan fingerprint density at radius 1 is 1.24 bits per heavy atom. The van der Waals surface area contributed by atoms with Crippen LogP contribution in [0, 0.1) is 5.92 Å². The van der Waals surface area contributed by atoms with Gasteiger partial charge >= 0.3 is 0 Å². The Kier molecular flexibility index (Phi) is 4.99. The third kappa shape index (κ3) is 3.85. The third-order valence-electron chi connectivity index (χ3n) is 5.41. The molecule has 0 unspecified atom stereocenters. The minimum Gasteiger partial charge on any atom is -0.381 e. The first-order valence-electron chi connectivity index (χ1n) is 9.26. The molecular weight excluding hydrogens is 316 g/mol. The van der Waals surface area contributed by atoms with Crippen LogP contribution >= 0.6 is 0 Å². The second kappa shape index (κ2) is 7.54. The second-order valence-corrected chi connectivity index (χ2v) is 7.10. The van der Waals surface area contributed by atoms with Gasteiger partial charge in [-0.1, -0.05) is 0 Å². The van der Waals surface area contributed by atoms with Crippen LogP contribution in [0.2, 0.25) is 0 Å². The van der Waals surface area contributed by atoms with Gasteiger partial charge in [-0.15, -0.1) is 0 Å². The van der Waals surface area contributed by atoms with Crippen molar-refractivity contribution in [1.29, 1.82) is 0 Å². The predicted molar refractivity (Wildman–Crippen MR) is 96.3 cm³/mol. The SMILES string of the molecule is O=C(CCn1ccc2ccncc21)N1CCN(C[C@@H]2CCOC2)CC1. The van der Waals surface area contributed by atoms with E-state index in [2.05, 4.69) is 20.5 Å². The monoisotopic (exact) mass is 342 g/mol. The number of carbonyl (C=O) groups excluding carboxylic acids is 1. The summed E-state index contributed by atoms with van der Waals surface area (Å²) >= 11 is 0. The van der Waals surface area contributed by atoms with Crippen LogP contribution in [0.1, 0.15) is 12.8 Å². The van der Waals surface area contributed by atoms with Crippen LogP contribution in [0.3, 0.4) is 0 Å². The highest BCUT2D eigenvalue weighted by Gasteiger charge is 2.24. The van der Waals surface area contributed by atoms with Gasteiger partial charge in [-0.05, 0) is 24.5 Å². The van der Waals surface area contributed by atoms with Crippen molar-refractivity contribution in [2.75, 3.05) is 45.9 Å². The van der Waals surface area contributed by atoms with E-state index in [1.807, 2.05) is 23.4 Å². The van der Waals surface area contributed by atoms with Gasteiger partial charge in [0.2, 0.25) is 5.91 Å². The molecule has 0 aliphatic carbocycles. The number of piperazine rings is 1. The van der Waals surface area contributed by atoms with Gasteiger partial charge in [0, 0.05) is 70.1 Å². The highest BCUT2D eigenvalue weighted by molar-refractivity contribution is 5.79. The highest BCUT2D eigenvalue weighted by atomic mass is 16.5. The van der Waals surface area contributed by atoms with Crippen LogP contribution in [0.5, 0.6) is 0 Å². The van der Waals surface area contributed by atoms with Crippen molar-refractivity contribution in [3.05, 3.63) is 30.7 Å². The zero-order chi connectivity index (χ0) is 17.1. The van der Waals surface area contributed by atoms with Crippen LogP contribution < -0.4 is 0 Å². The third-order valence-corrected chi connectivity index (χ3v) is 5.41. The first-order chi connectivity index (χ1) is 12.3. The Bertz CT molecular complexity index is 715. The molecule has 2 aromatic heterocycles. The second-order valence-electron chi connectivity index (χ2n) is 7.10. The van der Waals surface area contributed by atoms with Crippen LogP contribution in [-0.2, 0) is 16.1 Å². The van der Waals surface area contributed by atoms with Crippen molar-refractivity contribution in [3.8, 4) is 0 Å². The molecule has 0 saturated carbocycles. The van der Waals surface area contributed by atoms with E-state index in [1.165, 1.54) is 11.8 Å². The molecule has 2 aromatic rings. The van der Waals surface area contributed by atoms with Gasteiger partial charge < -0.3 is 14.2 Å². The van der Waals surface area contributed by atoms with Crippen LogP contribution in [0.15, 0.2) is 30.7 Å². The van der Waals surface area contributed by atoms with Gasteiger partial charge in [0.1, 0.15) is 0 Å². The average molecular weight is 342 g/mol. The van der Waals surface area contributed by atoms with Crippen LogP contribution in [0.25, 0.3) is 10.9 Å². The van der Waals surface area contributed by atoms with Gasteiger partial charge in [0.05, 0.1) is 18.3 Å². The molecule has 0 N–H and O–H groups in total. The number of fused-ring (bicyclic) bond motifs is 1. The average Bonchev–Trinajstić information content (AvgIpc) is 3.30. The largest absolute Gasteiger partial charge is 0.381 e. The fraction of sp³-hybridized carbons (Fsp3) is 0.579. The number of nitrogens with zero attached hydrogens (tertiary/aromatic N) is 4. The lowest BCUT2D eigenvalue weighted by molar-refractivity contribution is -0.133. The summed E-state index contributed by atoms with van der Waals surface area (Å²) in [6, 6.07) is 4.08. The van der Waals surface area contributed by atoms with Gasteiger partial charge in [-0.3, -0.25) is 14.7 Å². The van der Waals surface area contributed by atoms with Gasteiger partial charge in [0.15, 0.2) is 0 Å². The molecule has 6 nitrogen and oxygen atoms in total. The number of ether oxygens (including phenoxy) is 1. The quantitative estimate of drug-likeness (QED) is 0.828. The van der Waals surface area contributed by atoms with Crippen molar-refractivity contribution < 1.29 is 9.53 Å². The van der Waals surface area contributed by atoms with Crippen LogP contribution in [-0.4, -0.2) is 71.2 Å². The maximum absolute atomic E-state index is 12.5. The molecule has 25 heavy (non-hydrogen) atoms. The van der Waals surface area contributed by atoms with E-state index in [1.54, 1.807) is 6.20 Å². The number of carbonyl (C=O) groups is 1. The molecular formula is C19H26N4O2. The molecule has 4 rings (SSSR count). The standard InChI is InChI=1S/C19H26N4O2/c24-19(3-7-22-6-2-17-1-5-20-13-18(17)22)23-10-8-21(9-11-23)14-16-4-12-25-15-16/h1-2,5-6,13,16H,3-4,7-12,14-15H2/t16-/m0/s1. The van der Waals surface area contributed by atoms with Crippen molar-refractivity contribution in [2.24, 2.45) is 5.92 Å². The maximum Gasteiger partial charge on any atom is 0.224 e. The minimum absolute atomic E-state index is 0.259. The number of rotatable bonds is 5. The molecule has 0 radical (unpaired) electrons. The molecule has 4 heterocycles.